The molecule has 9 nitrogen and oxygen atoms in total. The van der Waals surface area contributed by atoms with Crippen LogP contribution >= 0.6 is 11.6 Å². The first-order chi connectivity index (χ1) is 15.8. The van der Waals surface area contributed by atoms with Gasteiger partial charge in [0.25, 0.3) is 17.6 Å². The molecule has 174 valence electrons. The van der Waals surface area contributed by atoms with Crippen molar-refractivity contribution >= 4 is 34.9 Å². The van der Waals surface area contributed by atoms with Crippen LogP contribution < -0.4 is 27.0 Å². The third-order valence-electron chi connectivity index (χ3n) is 6.72. The SMILES string of the molecule is Cc1c(C(=O)C(=O)NC2(C3CNNN3)CC2)c2n(c1C(=O)Nc1cccc(Cl)c1F)CCC2. The lowest BCUT2D eigenvalue weighted by molar-refractivity contribution is -0.118. The number of rotatable bonds is 6. The number of hydrogen-bond acceptors (Lipinski definition) is 6. The van der Waals surface area contributed by atoms with E-state index in [1.807, 2.05) is 0 Å². The maximum atomic E-state index is 14.3. The van der Waals surface area contributed by atoms with E-state index in [1.165, 1.54) is 18.2 Å². The standard InChI is InChI=1S/C22H24ClFN6O3/c1-11-16(19(31)21(33)27-22(7-8-22)15-10-25-29-28-15)14-6-3-9-30(14)18(11)20(32)26-13-5-2-4-12(23)17(13)24/h2,4-5,15,25,28-29H,3,6-10H2,1H3,(H,26,32)(H,27,33). The Labute approximate surface area is 194 Å². The Balaban J connectivity index is 1.42. The van der Waals surface area contributed by atoms with Crippen molar-refractivity contribution in [3.63, 3.8) is 0 Å². The molecule has 0 radical (unpaired) electrons. The minimum Gasteiger partial charge on any atom is -0.342 e. The number of carbonyl (C=O) groups excluding carboxylic acids is 3. The van der Waals surface area contributed by atoms with Gasteiger partial charge >= 0.3 is 0 Å². The van der Waals surface area contributed by atoms with Gasteiger partial charge in [-0.15, -0.1) is 0 Å². The number of nitrogens with zero attached hydrogens (tertiary/aromatic N) is 1. The Morgan fingerprint density at radius 1 is 1.27 bits per heavy atom. The van der Waals surface area contributed by atoms with Crippen LogP contribution in [-0.4, -0.2) is 40.3 Å². The zero-order valence-electron chi connectivity index (χ0n) is 18.0. The van der Waals surface area contributed by atoms with E-state index in [2.05, 4.69) is 27.0 Å². The van der Waals surface area contributed by atoms with Crippen molar-refractivity contribution in [2.75, 3.05) is 11.9 Å². The largest absolute Gasteiger partial charge is 0.342 e. The smallest absolute Gasteiger partial charge is 0.292 e. The summed E-state index contributed by atoms with van der Waals surface area (Å²) in [5.41, 5.74) is 9.92. The fourth-order valence-electron chi connectivity index (χ4n) is 4.86. The number of fused-ring (bicyclic) bond motifs is 1. The van der Waals surface area contributed by atoms with Crippen LogP contribution in [0.1, 0.15) is 51.4 Å². The molecule has 0 spiro atoms. The quantitative estimate of drug-likeness (QED) is 0.321. The second-order valence-corrected chi connectivity index (χ2v) is 9.16. The molecule has 1 saturated heterocycles. The van der Waals surface area contributed by atoms with Crippen LogP contribution in [0.25, 0.3) is 0 Å². The fourth-order valence-corrected chi connectivity index (χ4v) is 5.04. The molecule has 33 heavy (non-hydrogen) atoms. The topological polar surface area (TPSA) is 116 Å². The summed E-state index contributed by atoms with van der Waals surface area (Å²) in [6.45, 7) is 2.81. The van der Waals surface area contributed by atoms with Crippen LogP contribution in [0.5, 0.6) is 0 Å². The number of halogens is 2. The predicted octanol–water partition coefficient (Wildman–Crippen LogP) is 1.60. The second kappa shape index (κ2) is 8.21. The highest BCUT2D eigenvalue weighted by molar-refractivity contribution is 6.44. The van der Waals surface area contributed by atoms with E-state index >= 15 is 0 Å². The number of hydrazine groups is 2. The number of aromatic nitrogens is 1. The Kier molecular flexibility index (Phi) is 5.48. The number of amides is 2. The van der Waals surface area contributed by atoms with E-state index in [0.29, 0.717) is 30.8 Å². The van der Waals surface area contributed by atoms with E-state index in [0.717, 1.165) is 19.3 Å². The van der Waals surface area contributed by atoms with Crippen molar-refractivity contribution in [2.45, 2.75) is 50.7 Å². The van der Waals surface area contributed by atoms with E-state index in [4.69, 9.17) is 11.6 Å². The van der Waals surface area contributed by atoms with Gasteiger partial charge in [-0.2, -0.15) is 5.53 Å². The van der Waals surface area contributed by atoms with Gasteiger partial charge in [-0.25, -0.2) is 15.2 Å². The highest BCUT2D eigenvalue weighted by atomic mass is 35.5. The molecule has 5 N–H and O–H groups in total. The van der Waals surface area contributed by atoms with Crippen molar-refractivity contribution in [3.8, 4) is 0 Å². The third kappa shape index (κ3) is 3.72. The van der Waals surface area contributed by atoms with Gasteiger partial charge in [0.1, 0.15) is 5.69 Å². The number of nitrogens with one attached hydrogen (secondary N) is 5. The molecule has 3 heterocycles. The van der Waals surface area contributed by atoms with E-state index in [-0.39, 0.29) is 28.0 Å². The van der Waals surface area contributed by atoms with Crippen molar-refractivity contribution < 1.29 is 18.8 Å². The molecule has 1 aromatic heterocycles. The summed E-state index contributed by atoms with van der Waals surface area (Å²) in [5, 5.41) is 5.36. The summed E-state index contributed by atoms with van der Waals surface area (Å²) < 4.78 is 16.1. The van der Waals surface area contributed by atoms with Crippen LogP contribution in [0.15, 0.2) is 18.2 Å². The summed E-state index contributed by atoms with van der Waals surface area (Å²) in [6.07, 6.45) is 2.88. The minimum absolute atomic E-state index is 0.0240. The Morgan fingerprint density at radius 3 is 2.76 bits per heavy atom. The van der Waals surface area contributed by atoms with Gasteiger partial charge in [-0.3, -0.25) is 14.4 Å². The third-order valence-corrected chi connectivity index (χ3v) is 7.01. The number of anilines is 1. The van der Waals surface area contributed by atoms with Crippen LogP contribution in [0.2, 0.25) is 5.02 Å². The van der Waals surface area contributed by atoms with E-state index in [1.54, 1.807) is 11.5 Å². The number of hydrogen-bond donors (Lipinski definition) is 5. The molecule has 2 aromatic rings. The number of Topliss-reactive ketones (excluding diaryl/α,β-unsaturated/α-hetero) is 1. The van der Waals surface area contributed by atoms with Crippen LogP contribution in [-0.2, 0) is 17.8 Å². The van der Waals surface area contributed by atoms with Crippen molar-refractivity contribution in [1.82, 2.24) is 26.3 Å². The molecule has 2 fully saturated rings. The molecule has 1 unspecified atom stereocenters. The second-order valence-electron chi connectivity index (χ2n) is 8.75. The summed E-state index contributed by atoms with van der Waals surface area (Å²) in [7, 11) is 0. The van der Waals surface area contributed by atoms with Gasteiger partial charge in [-0.1, -0.05) is 17.7 Å². The summed E-state index contributed by atoms with van der Waals surface area (Å²) in [4.78, 5) is 39.3. The maximum Gasteiger partial charge on any atom is 0.292 e. The average molecular weight is 475 g/mol. The van der Waals surface area contributed by atoms with Gasteiger partial charge in [-0.05, 0) is 50.3 Å². The van der Waals surface area contributed by atoms with Crippen LogP contribution in [0, 0.1) is 12.7 Å². The van der Waals surface area contributed by atoms with Crippen LogP contribution in [0.3, 0.4) is 0 Å². The van der Waals surface area contributed by atoms with Crippen molar-refractivity contribution in [1.29, 1.82) is 0 Å². The number of benzene rings is 1. The lowest BCUT2D eigenvalue weighted by Crippen LogP contribution is -2.53. The highest BCUT2D eigenvalue weighted by Gasteiger charge is 2.52. The lowest BCUT2D eigenvalue weighted by Gasteiger charge is -2.22. The monoisotopic (exact) mass is 474 g/mol. The van der Waals surface area contributed by atoms with Gasteiger partial charge < -0.3 is 15.2 Å². The molecule has 2 amide bonds. The Morgan fingerprint density at radius 2 is 2.06 bits per heavy atom. The average Bonchev–Trinajstić information content (AvgIpc) is 3.15. The summed E-state index contributed by atoms with van der Waals surface area (Å²) in [5.74, 6) is -2.62. The van der Waals surface area contributed by atoms with E-state index in [9.17, 15) is 18.8 Å². The molecule has 1 aliphatic carbocycles. The number of ketones is 1. The minimum atomic E-state index is -0.728. The molecule has 5 rings (SSSR count). The van der Waals surface area contributed by atoms with Gasteiger partial charge in [0.05, 0.1) is 27.9 Å². The zero-order valence-corrected chi connectivity index (χ0v) is 18.7. The van der Waals surface area contributed by atoms with Crippen molar-refractivity contribution in [2.24, 2.45) is 0 Å². The molecule has 1 atom stereocenters. The van der Waals surface area contributed by atoms with Gasteiger partial charge in [0.15, 0.2) is 5.82 Å². The molecule has 3 aliphatic rings. The molecular formula is C22H24ClFN6O3. The van der Waals surface area contributed by atoms with Crippen LogP contribution in [0.4, 0.5) is 10.1 Å². The Hall–Kier alpha value is -2.79. The fraction of sp³-hybridized carbons (Fsp3) is 0.409. The molecule has 11 heteroatoms. The summed E-state index contributed by atoms with van der Waals surface area (Å²) in [6, 6.07) is 4.32. The summed E-state index contributed by atoms with van der Waals surface area (Å²) >= 11 is 5.82. The normalized spacial score (nSPS) is 20.4. The predicted molar refractivity (Wildman–Crippen MR) is 119 cm³/mol. The van der Waals surface area contributed by atoms with Gasteiger partial charge in [0.2, 0.25) is 0 Å². The molecule has 1 aromatic carbocycles. The molecule has 2 aliphatic heterocycles. The maximum absolute atomic E-state index is 14.3. The molecule has 0 bridgehead atoms. The Bertz CT molecular complexity index is 1170. The molecular weight excluding hydrogens is 451 g/mol. The number of carbonyl (C=O) groups is 3. The zero-order chi connectivity index (χ0) is 23.3. The first-order valence-corrected chi connectivity index (χ1v) is 11.3. The highest BCUT2D eigenvalue weighted by Crippen LogP contribution is 2.39. The lowest BCUT2D eigenvalue weighted by atomic mass is 10.0. The van der Waals surface area contributed by atoms with E-state index < -0.39 is 29.0 Å². The first-order valence-electron chi connectivity index (χ1n) is 10.9. The van der Waals surface area contributed by atoms with Crippen molar-refractivity contribution in [3.05, 3.63) is 51.6 Å². The first kappa shape index (κ1) is 22.0. The van der Waals surface area contributed by atoms with Gasteiger partial charge in [0, 0.05) is 18.8 Å². The molecule has 1 saturated carbocycles.